The quantitative estimate of drug-likeness (QED) is 0.885. The van der Waals surface area contributed by atoms with Crippen LogP contribution in [0.2, 0.25) is 0 Å². The van der Waals surface area contributed by atoms with Crippen molar-refractivity contribution in [2.24, 2.45) is 7.05 Å². The summed E-state index contributed by atoms with van der Waals surface area (Å²) in [6, 6.07) is 0. The maximum absolute atomic E-state index is 10.8. The lowest BCUT2D eigenvalue weighted by molar-refractivity contribution is -0.138. The van der Waals surface area contributed by atoms with Crippen molar-refractivity contribution in [2.75, 3.05) is 0 Å². The molecule has 1 aromatic rings. The molecule has 13 heavy (non-hydrogen) atoms. The van der Waals surface area contributed by atoms with E-state index in [1.165, 1.54) is 0 Å². The van der Waals surface area contributed by atoms with Crippen LogP contribution in [0.4, 0.5) is 0 Å². The fourth-order valence-corrected chi connectivity index (χ4v) is 1.67. The topological polar surface area (TPSA) is 55.1 Å². The first-order valence-electron chi connectivity index (χ1n) is 3.98. The Balaban J connectivity index is 3.05. The third-order valence-corrected chi connectivity index (χ3v) is 2.95. The van der Waals surface area contributed by atoms with Crippen molar-refractivity contribution < 1.29 is 9.90 Å². The van der Waals surface area contributed by atoms with Gasteiger partial charge in [-0.2, -0.15) is 5.10 Å². The number of hydrogen-bond donors (Lipinski definition) is 1. The van der Waals surface area contributed by atoms with Crippen LogP contribution in [0.25, 0.3) is 0 Å². The second-order valence-corrected chi connectivity index (χ2v) is 3.56. The maximum atomic E-state index is 10.8. The molecule has 72 valence electrons. The van der Waals surface area contributed by atoms with E-state index in [-0.39, 0.29) is 0 Å². The van der Waals surface area contributed by atoms with E-state index in [0.717, 1.165) is 10.2 Å². The molecule has 0 radical (unpaired) electrons. The van der Waals surface area contributed by atoms with Gasteiger partial charge in [-0.15, -0.1) is 0 Å². The van der Waals surface area contributed by atoms with Crippen LogP contribution >= 0.6 is 15.9 Å². The molecule has 0 aliphatic heterocycles. The number of carbonyl (C=O) groups is 1. The van der Waals surface area contributed by atoms with Crippen LogP contribution in [-0.4, -0.2) is 20.9 Å². The van der Waals surface area contributed by atoms with Gasteiger partial charge < -0.3 is 5.11 Å². The van der Waals surface area contributed by atoms with E-state index in [0.29, 0.717) is 6.42 Å². The van der Waals surface area contributed by atoms with Gasteiger partial charge in [0.15, 0.2) is 0 Å². The minimum Gasteiger partial charge on any atom is -0.481 e. The molecule has 0 amide bonds. The second kappa shape index (κ2) is 3.91. The largest absolute Gasteiger partial charge is 0.481 e. The molecule has 0 aliphatic carbocycles. The van der Waals surface area contributed by atoms with Gasteiger partial charge in [-0.25, -0.2) is 0 Å². The smallest absolute Gasteiger partial charge is 0.311 e. The summed E-state index contributed by atoms with van der Waals surface area (Å²) in [5, 5.41) is 12.9. The van der Waals surface area contributed by atoms with Gasteiger partial charge in [0.1, 0.15) is 4.60 Å². The van der Waals surface area contributed by atoms with E-state index in [9.17, 15) is 4.79 Å². The first kappa shape index (κ1) is 10.2. The van der Waals surface area contributed by atoms with Crippen molar-refractivity contribution >= 4 is 21.9 Å². The molecule has 1 N–H and O–H groups in total. The van der Waals surface area contributed by atoms with Gasteiger partial charge in [0.05, 0.1) is 12.1 Å². The summed E-state index contributed by atoms with van der Waals surface area (Å²) < 4.78 is 2.35. The molecule has 0 saturated heterocycles. The number of rotatable bonds is 3. The summed E-state index contributed by atoms with van der Waals surface area (Å²) in [5.41, 5.74) is 0.734. The Bertz CT molecular complexity index is 322. The van der Waals surface area contributed by atoms with E-state index < -0.39 is 11.9 Å². The molecule has 0 saturated carbocycles. The standard InChI is InChI=1S/C8H11BrN2O2/c1-3-5(8(12)13)6-4-10-11(2)7(6)9/h4-5H,3H2,1-2H3,(H,12,13). The first-order chi connectivity index (χ1) is 6.07. The zero-order valence-corrected chi connectivity index (χ0v) is 9.08. The third kappa shape index (κ3) is 1.91. The fourth-order valence-electron chi connectivity index (χ4n) is 1.20. The first-order valence-corrected chi connectivity index (χ1v) is 4.77. The van der Waals surface area contributed by atoms with Crippen LogP contribution in [-0.2, 0) is 11.8 Å². The highest BCUT2D eigenvalue weighted by Gasteiger charge is 2.22. The van der Waals surface area contributed by atoms with Gasteiger partial charge in [0, 0.05) is 12.6 Å². The molecule has 1 atom stereocenters. The van der Waals surface area contributed by atoms with Gasteiger partial charge in [-0.1, -0.05) is 6.92 Å². The van der Waals surface area contributed by atoms with Crippen molar-refractivity contribution in [1.29, 1.82) is 0 Å². The molecule has 0 spiro atoms. The van der Waals surface area contributed by atoms with E-state index in [1.807, 2.05) is 6.92 Å². The lowest BCUT2D eigenvalue weighted by Crippen LogP contribution is -2.10. The number of carboxylic acids is 1. The summed E-state index contributed by atoms with van der Waals surface area (Å²) >= 11 is 3.30. The van der Waals surface area contributed by atoms with Crippen molar-refractivity contribution in [2.45, 2.75) is 19.3 Å². The van der Waals surface area contributed by atoms with Crippen LogP contribution in [0, 0.1) is 0 Å². The van der Waals surface area contributed by atoms with E-state index >= 15 is 0 Å². The Morgan fingerprint density at radius 3 is 2.77 bits per heavy atom. The van der Waals surface area contributed by atoms with Crippen LogP contribution < -0.4 is 0 Å². The predicted molar refractivity (Wildman–Crippen MR) is 51.6 cm³/mol. The summed E-state index contributed by atoms with van der Waals surface area (Å²) in [7, 11) is 1.77. The molecule has 1 rings (SSSR count). The molecule has 0 aromatic carbocycles. The zero-order valence-electron chi connectivity index (χ0n) is 7.49. The predicted octanol–water partition coefficient (Wildman–Crippen LogP) is 1.76. The molecule has 0 bridgehead atoms. The Kier molecular flexibility index (Phi) is 3.08. The molecular weight excluding hydrogens is 236 g/mol. The van der Waals surface area contributed by atoms with Gasteiger partial charge >= 0.3 is 5.97 Å². The number of aryl methyl sites for hydroxylation is 1. The molecule has 5 heteroatoms. The van der Waals surface area contributed by atoms with Gasteiger partial charge in [0.25, 0.3) is 0 Å². The Labute approximate surface area is 84.7 Å². The summed E-state index contributed by atoms with van der Waals surface area (Å²) in [4.78, 5) is 10.8. The Morgan fingerprint density at radius 2 is 2.46 bits per heavy atom. The maximum Gasteiger partial charge on any atom is 0.311 e. The number of carboxylic acid groups (broad SMARTS) is 1. The lowest BCUT2D eigenvalue weighted by Gasteiger charge is -2.07. The summed E-state index contributed by atoms with van der Waals surface area (Å²) in [6.45, 7) is 1.85. The van der Waals surface area contributed by atoms with Crippen molar-refractivity contribution in [1.82, 2.24) is 9.78 Å². The van der Waals surface area contributed by atoms with Crippen LogP contribution in [0.15, 0.2) is 10.8 Å². The number of halogens is 1. The van der Waals surface area contributed by atoms with E-state index in [1.54, 1.807) is 17.9 Å². The van der Waals surface area contributed by atoms with Crippen molar-refractivity contribution in [3.8, 4) is 0 Å². The fraction of sp³-hybridized carbons (Fsp3) is 0.500. The Hall–Kier alpha value is -0.840. The summed E-state index contributed by atoms with van der Waals surface area (Å²) in [5.74, 6) is -1.28. The lowest BCUT2D eigenvalue weighted by atomic mass is 10.0. The van der Waals surface area contributed by atoms with Crippen molar-refractivity contribution in [3.05, 3.63) is 16.4 Å². The average Bonchev–Trinajstić information content (AvgIpc) is 2.37. The zero-order chi connectivity index (χ0) is 10.0. The minimum atomic E-state index is -0.809. The monoisotopic (exact) mass is 246 g/mol. The van der Waals surface area contributed by atoms with E-state index in [2.05, 4.69) is 21.0 Å². The molecule has 1 heterocycles. The molecule has 1 aromatic heterocycles. The van der Waals surface area contributed by atoms with Crippen LogP contribution in [0.5, 0.6) is 0 Å². The van der Waals surface area contributed by atoms with Crippen LogP contribution in [0.1, 0.15) is 24.8 Å². The number of hydrogen-bond acceptors (Lipinski definition) is 2. The molecular formula is C8H11BrN2O2. The molecule has 1 unspecified atom stereocenters. The average molecular weight is 247 g/mol. The second-order valence-electron chi connectivity index (χ2n) is 2.81. The minimum absolute atomic E-state index is 0.469. The van der Waals surface area contributed by atoms with Gasteiger partial charge in [-0.05, 0) is 22.4 Å². The Morgan fingerprint density at radius 1 is 1.85 bits per heavy atom. The van der Waals surface area contributed by atoms with Gasteiger partial charge in [0.2, 0.25) is 0 Å². The number of aliphatic carboxylic acids is 1. The summed E-state index contributed by atoms with van der Waals surface area (Å²) in [6.07, 6.45) is 2.16. The third-order valence-electron chi connectivity index (χ3n) is 1.97. The SMILES string of the molecule is CCC(C(=O)O)c1cnn(C)c1Br. The van der Waals surface area contributed by atoms with Gasteiger partial charge in [-0.3, -0.25) is 9.48 Å². The molecule has 0 aliphatic rings. The molecule has 0 fully saturated rings. The van der Waals surface area contributed by atoms with Crippen molar-refractivity contribution in [3.63, 3.8) is 0 Å². The normalized spacial score (nSPS) is 12.8. The van der Waals surface area contributed by atoms with E-state index in [4.69, 9.17) is 5.11 Å². The number of nitrogens with zero attached hydrogens (tertiary/aromatic N) is 2. The highest BCUT2D eigenvalue weighted by atomic mass is 79.9. The number of aromatic nitrogens is 2. The highest BCUT2D eigenvalue weighted by molar-refractivity contribution is 9.10. The van der Waals surface area contributed by atoms with Crippen LogP contribution in [0.3, 0.4) is 0 Å². The highest BCUT2D eigenvalue weighted by Crippen LogP contribution is 2.26. The molecule has 4 nitrogen and oxygen atoms in total.